The van der Waals surface area contributed by atoms with Crippen LogP contribution in [-0.4, -0.2) is 108 Å². The van der Waals surface area contributed by atoms with Crippen molar-refractivity contribution in [2.75, 3.05) is 59.4 Å². The second-order valence-corrected chi connectivity index (χ2v) is 15.8. The molecule has 3 aromatic carbocycles. The summed E-state index contributed by atoms with van der Waals surface area (Å²) >= 11 is 0. The average Bonchev–Trinajstić information content (AvgIpc) is 3.95. The molecule has 0 bridgehead atoms. The number of aryl methyl sites for hydroxylation is 2. The number of hydrogen-bond donors (Lipinski definition) is 2. The first kappa shape index (κ1) is 43.8. The molecule has 1 aliphatic heterocycles. The van der Waals surface area contributed by atoms with Crippen molar-refractivity contribution in [3.8, 4) is 33.7 Å². The van der Waals surface area contributed by atoms with Crippen LogP contribution in [0.3, 0.4) is 0 Å². The van der Waals surface area contributed by atoms with Gasteiger partial charge in [0, 0.05) is 75.2 Å². The number of benzene rings is 4. The first-order valence-corrected chi connectivity index (χ1v) is 21.0. The van der Waals surface area contributed by atoms with Crippen LogP contribution in [0.2, 0.25) is 0 Å². The maximum absolute atomic E-state index is 13.2. The van der Waals surface area contributed by atoms with E-state index in [0.29, 0.717) is 82.4 Å². The Morgan fingerprint density at radius 2 is 1.60 bits per heavy atom. The van der Waals surface area contributed by atoms with E-state index in [-0.39, 0.29) is 30.2 Å². The highest BCUT2D eigenvalue weighted by Crippen LogP contribution is 2.42. The summed E-state index contributed by atoms with van der Waals surface area (Å²) in [5, 5.41) is 28.5. The zero-order valence-electron chi connectivity index (χ0n) is 36.8. The molecule has 0 saturated heterocycles. The Morgan fingerprint density at radius 3 is 2.35 bits per heavy atom. The van der Waals surface area contributed by atoms with Crippen LogP contribution in [0.5, 0.6) is 0 Å². The molecule has 2 amide bonds. The summed E-state index contributed by atoms with van der Waals surface area (Å²) in [6, 6.07) is 27.1. The molecule has 8 rings (SSSR count). The lowest BCUT2D eigenvalue weighted by Gasteiger charge is -2.19. The number of ether oxygens (including phenoxy) is 2. The van der Waals surface area contributed by atoms with Crippen LogP contribution in [0.25, 0.3) is 50.3 Å². The third-order valence-corrected chi connectivity index (χ3v) is 10.9. The van der Waals surface area contributed by atoms with Gasteiger partial charge in [-0.25, -0.2) is 18.8 Å². The lowest BCUT2D eigenvalue weighted by Crippen LogP contribution is -2.29. The highest BCUT2D eigenvalue weighted by atomic mass is 16.5. The van der Waals surface area contributed by atoms with Gasteiger partial charge in [0.1, 0.15) is 50.5 Å². The molecule has 0 saturated carbocycles. The second-order valence-electron chi connectivity index (χ2n) is 15.8. The van der Waals surface area contributed by atoms with Gasteiger partial charge >= 0.3 is 0 Å². The summed E-state index contributed by atoms with van der Waals surface area (Å²) in [7, 11) is 5.68. The first-order chi connectivity index (χ1) is 31.3. The Bertz CT molecular complexity index is 3160. The number of hydrogen-bond acceptors (Lipinski definition) is 10. The van der Waals surface area contributed by atoms with E-state index >= 15 is 0 Å². The Balaban J connectivity index is 0.800. The van der Waals surface area contributed by atoms with E-state index < -0.39 is 11.9 Å². The first-order valence-electron chi connectivity index (χ1n) is 21.0. The molecule has 65 heavy (non-hydrogen) atoms. The Morgan fingerprint density at radius 1 is 0.831 bits per heavy atom. The number of carbonyl (C=O) groups is 3. The fourth-order valence-corrected chi connectivity index (χ4v) is 7.60. The predicted octanol–water partition coefficient (Wildman–Crippen LogP) is 4.81. The number of carboxylic acid groups (broad SMARTS) is 1. The van der Waals surface area contributed by atoms with E-state index in [0.717, 1.165) is 28.0 Å². The second kappa shape index (κ2) is 18.9. The molecule has 0 atom stereocenters. The van der Waals surface area contributed by atoms with Gasteiger partial charge in [0.2, 0.25) is 11.0 Å². The summed E-state index contributed by atoms with van der Waals surface area (Å²) in [6.45, 7) is 9.76. The van der Waals surface area contributed by atoms with Crippen molar-refractivity contribution in [3.63, 3.8) is 0 Å². The zero-order chi connectivity index (χ0) is 45.8. The van der Waals surface area contributed by atoms with E-state index in [9.17, 15) is 19.5 Å². The van der Waals surface area contributed by atoms with Crippen LogP contribution in [0.1, 0.15) is 42.5 Å². The van der Waals surface area contributed by atoms with Crippen molar-refractivity contribution in [3.05, 3.63) is 137 Å². The van der Waals surface area contributed by atoms with Crippen molar-refractivity contribution >= 4 is 52.5 Å². The van der Waals surface area contributed by atoms with Gasteiger partial charge in [0.05, 0.1) is 62.8 Å². The van der Waals surface area contributed by atoms with Gasteiger partial charge in [0.25, 0.3) is 11.8 Å². The summed E-state index contributed by atoms with van der Waals surface area (Å²) in [5.74, 6) is -1.53. The summed E-state index contributed by atoms with van der Waals surface area (Å²) in [6.07, 6.45) is 3.67. The Hall–Kier alpha value is -7.82. The van der Waals surface area contributed by atoms with Gasteiger partial charge in [0.15, 0.2) is 0 Å². The van der Waals surface area contributed by atoms with Crippen molar-refractivity contribution in [2.45, 2.75) is 20.4 Å². The van der Waals surface area contributed by atoms with Gasteiger partial charge in [-0.05, 0) is 67.9 Å². The molecule has 16 heteroatoms. The zero-order valence-corrected chi connectivity index (χ0v) is 36.8. The lowest BCUT2D eigenvalue weighted by atomic mass is 9.89. The molecule has 0 unspecified atom stereocenters. The molecular weight excluding hydrogens is 827 g/mol. The van der Waals surface area contributed by atoms with Gasteiger partial charge in [-0.1, -0.05) is 23.4 Å². The number of aromatic nitrogens is 5. The quantitative estimate of drug-likeness (QED) is 0.0591. The number of fused-ring (bicyclic) bond motifs is 3. The van der Waals surface area contributed by atoms with Crippen LogP contribution in [0.4, 0.5) is 11.4 Å². The highest BCUT2D eigenvalue weighted by Gasteiger charge is 2.23. The lowest BCUT2D eigenvalue weighted by molar-refractivity contribution is -0.394. The average molecular weight is 875 g/mol. The number of amides is 2. The van der Waals surface area contributed by atoms with E-state index in [4.69, 9.17) is 13.9 Å². The van der Waals surface area contributed by atoms with Crippen LogP contribution in [-0.2, 0) is 16.0 Å². The maximum Gasteiger partial charge on any atom is 0.259 e. The summed E-state index contributed by atoms with van der Waals surface area (Å²) < 4.78 is 25.0. The molecular formula is C49H48N9O7+. The van der Waals surface area contributed by atoms with Gasteiger partial charge in [-0.15, -0.1) is 5.10 Å². The van der Waals surface area contributed by atoms with Gasteiger partial charge in [-0.2, -0.15) is 0 Å². The Labute approximate surface area is 374 Å². The molecule has 16 nitrogen and oxygen atoms in total. The molecule has 330 valence electrons. The Kier molecular flexibility index (Phi) is 12.7. The third kappa shape index (κ3) is 9.58. The van der Waals surface area contributed by atoms with Crippen LogP contribution in [0.15, 0.2) is 108 Å². The molecule has 1 aliphatic carbocycles. The minimum Gasteiger partial charge on any atom is -0.545 e. The molecule has 2 N–H and O–H groups in total. The predicted molar refractivity (Wildman–Crippen MR) is 245 cm³/mol. The molecule has 3 aromatic heterocycles. The topological polar surface area (TPSA) is 184 Å². The SMILES string of the molecule is C=[N+](C)c1ccc2c(-c3ccc(C(=O)NCCOCCOCCn4cc(-c5ccc(NC(=O)c6ccn7c(C)cc(C)nc67)cc5)nn4)cc3C(=O)[O-])c3ccc(=[N+](C)C)cc-3oc2c1. The number of carbonyl (C=O) groups excluding carboxylic acids is 3. The smallest absolute Gasteiger partial charge is 0.259 e. The third-order valence-electron chi connectivity index (χ3n) is 10.9. The minimum atomic E-state index is -1.41. The van der Waals surface area contributed by atoms with E-state index in [2.05, 4.69) is 32.6 Å². The number of aromatic carboxylic acids is 1. The van der Waals surface area contributed by atoms with Crippen molar-refractivity contribution in [1.29, 1.82) is 0 Å². The van der Waals surface area contributed by atoms with E-state index in [1.807, 2.05) is 123 Å². The van der Waals surface area contributed by atoms with Crippen molar-refractivity contribution in [1.82, 2.24) is 34.3 Å². The molecule has 0 fully saturated rings. The van der Waals surface area contributed by atoms with E-state index in [1.54, 1.807) is 27.5 Å². The normalized spacial score (nSPS) is 11.3. The number of carboxylic acids is 1. The summed E-state index contributed by atoms with van der Waals surface area (Å²) in [5.41, 5.74) is 8.29. The van der Waals surface area contributed by atoms with E-state index in [1.165, 1.54) is 6.07 Å². The van der Waals surface area contributed by atoms with Crippen molar-refractivity contribution < 1.29 is 38.0 Å². The number of anilines is 1. The number of nitrogens with zero attached hydrogens (tertiary/aromatic N) is 7. The van der Waals surface area contributed by atoms with Crippen LogP contribution >= 0.6 is 0 Å². The minimum absolute atomic E-state index is 0.125. The van der Waals surface area contributed by atoms with Gasteiger partial charge < -0.3 is 38.8 Å². The maximum atomic E-state index is 13.2. The molecule has 0 spiro atoms. The fraction of sp³-hybridized carbons (Fsp3) is 0.224. The molecule has 6 aromatic rings. The van der Waals surface area contributed by atoms with Crippen molar-refractivity contribution in [2.24, 2.45) is 0 Å². The monoisotopic (exact) mass is 874 g/mol. The highest BCUT2D eigenvalue weighted by molar-refractivity contribution is 6.09. The fourth-order valence-electron chi connectivity index (χ4n) is 7.60. The summed E-state index contributed by atoms with van der Waals surface area (Å²) in [4.78, 5) is 43.4. The standard InChI is InChI=1S/C49H47N9O7/c1-30-25-31(2)58-19-17-40(46(58)51-30)48(60)52-34-10-7-32(8-11-34)42-29-57(54-53-42)20-22-64-24-23-63-21-18-50-47(59)33-9-14-37(41(26-33)49(61)62)45-38-15-12-35(55(3)4)27-43(38)65-44-28-36(56(5)6)13-16-39(44)45/h7-17,19,25-29H,3,18,20-24H2,1-2,4-6H3,(H-2,50,52,59,60,61,62)/p+1. The van der Waals surface area contributed by atoms with Gasteiger partial charge in [-0.3, -0.25) is 9.59 Å². The van der Waals surface area contributed by atoms with Crippen LogP contribution < -0.4 is 25.7 Å². The molecule has 0 radical (unpaired) electrons. The number of nitrogens with one attached hydrogen (secondary N) is 2. The largest absolute Gasteiger partial charge is 0.545 e. The molecule has 2 aliphatic rings. The van der Waals surface area contributed by atoms with Crippen LogP contribution in [0, 0.1) is 13.8 Å². The number of rotatable bonds is 16. The molecule has 4 heterocycles.